The Kier molecular flexibility index (Phi) is 8.12. The molecule has 0 N–H and O–H groups in total. The molecule has 0 saturated carbocycles. The molecule has 17 heavy (non-hydrogen) atoms. The summed E-state index contributed by atoms with van der Waals surface area (Å²) < 4.78 is 16.6. The van der Waals surface area contributed by atoms with Crippen molar-refractivity contribution in [3.8, 4) is 0 Å². The summed E-state index contributed by atoms with van der Waals surface area (Å²) in [5.74, 6) is -0.350. The van der Waals surface area contributed by atoms with E-state index in [0.29, 0.717) is 31.4 Å². The van der Waals surface area contributed by atoms with Gasteiger partial charge < -0.3 is 13.6 Å². The van der Waals surface area contributed by atoms with Gasteiger partial charge in [-0.3, -0.25) is 0 Å². The van der Waals surface area contributed by atoms with Gasteiger partial charge in [0.05, 0.1) is 6.61 Å². The van der Waals surface area contributed by atoms with Crippen molar-refractivity contribution in [1.82, 2.24) is 0 Å². The molecule has 0 amide bonds. The smallest absolute Gasteiger partial charge is 0.341 e. The van der Waals surface area contributed by atoms with Gasteiger partial charge in [-0.1, -0.05) is 13.5 Å². The molecule has 0 aliphatic carbocycles. The van der Waals surface area contributed by atoms with Gasteiger partial charge in [0, 0.05) is 24.8 Å². The van der Waals surface area contributed by atoms with E-state index in [9.17, 15) is 4.79 Å². The molecular weight excluding hydrogens is 236 g/mol. The first-order valence-corrected chi connectivity index (χ1v) is 8.35. The summed E-state index contributed by atoms with van der Waals surface area (Å²) >= 11 is 0. The summed E-state index contributed by atoms with van der Waals surface area (Å²) in [5.41, 5.74) is 0.418. The standard InChI is InChI=1S/C12H24O4Si/c1-6-15-17(8-3,16-7-2)10-9-14-12(13)11(4)5/h4,6-10H2,1-3,5H3. The summed E-state index contributed by atoms with van der Waals surface area (Å²) in [5, 5.41) is 0. The van der Waals surface area contributed by atoms with Crippen LogP contribution in [0.5, 0.6) is 0 Å². The highest BCUT2D eigenvalue weighted by Gasteiger charge is 2.35. The van der Waals surface area contributed by atoms with E-state index in [-0.39, 0.29) is 5.97 Å². The molecule has 0 aromatic heterocycles. The predicted octanol–water partition coefficient (Wildman–Crippen LogP) is 2.64. The summed E-state index contributed by atoms with van der Waals surface area (Å²) in [7, 11) is -2.18. The van der Waals surface area contributed by atoms with Crippen LogP contribution in [0, 0.1) is 0 Å². The van der Waals surface area contributed by atoms with Crippen LogP contribution in [0.25, 0.3) is 0 Å². The Balaban J connectivity index is 4.24. The van der Waals surface area contributed by atoms with Crippen LogP contribution in [0.2, 0.25) is 12.1 Å². The molecule has 0 radical (unpaired) electrons. The van der Waals surface area contributed by atoms with Crippen LogP contribution in [0.15, 0.2) is 12.2 Å². The van der Waals surface area contributed by atoms with Gasteiger partial charge in [0.25, 0.3) is 0 Å². The van der Waals surface area contributed by atoms with Crippen molar-refractivity contribution in [3.05, 3.63) is 12.2 Å². The third-order valence-electron chi connectivity index (χ3n) is 2.42. The van der Waals surface area contributed by atoms with E-state index in [1.54, 1.807) is 6.92 Å². The highest BCUT2D eigenvalue weighted by atomic mass is 28.4. The zero-order valence-corrected chi connectivity index (χ0v) is 12.4. The van der Waals surface area contributed by atoms with Crippen LogP contribution >= 0.6 is 0 Å². The third kappa shape index (κ3) is 6.00. The van der Waals surface area contributed by atoms with Crippen LogP contribution in [-0.4, -0.2) is 34.4 Å². The van der Waals surface area contributed by atoms with Gasteiger partial charge in [0.15, 0.2) is 0 Å². The van der Waals surface area contributed by atoms with Gasteiger partial charge in [-0.2, -0.15) is 0 Å². The van der Waals surface area contributed by atoms with Crippen LogP contribution in [0.3, 0.4) is 0 Å². The zero-order chi connectivity index (χ0) is 13.3. The number of esters is 1. The minimum absolute atomic E-state index is 0.339. The molecule has 0 atom stereocenters. The van der Waals surface area contributed by atoms with E-state index in [1.807, 2.05) is 13.8 Å². The molecule has 0 aliphatic rings. The Morgan fingerprint density at radius 1 is 1.18 bits per heavy atom. The maximum absolute atomic E-state index is 11.2. The Bertz CT molecular complexity index is 247. The molecule has 0 aliphatic heterocycles. The first-order chi connectivity index (χ1) is 8.01. The molecule has 0 saturated heterocycles. The van der Waals surface area contributed by atoms with Crippen LogP contribution in [-0.2, 0) is 18.4 Å². The first kappa shape index (κ1) is 16.3. The van der Waals surface area contributed by atoms with Crippen molar-refractivity contribution in [2.45, 2.75) is 39.8 Å². The van der Waals surface area contributed by atoms with Gasteiger partial charge in [-0.15, -0.1) is 0 Å². The number of hydrogen-bond donors (Lipinski definition) is 0. The van der Waals surface area contributed by atoms with Crippen molar-refractivity contribution in [2.24, 2.45) is 0 Å². The van der Waals surface area contributed by atoms with E-state index >= 15 is 0 Å². The van der Waals surface area contributed by atoms with Gasteiger partial charge in [0.2, 0.25) is 0 Å². The van der Waals surface area contributed by atoms with Crippen molar-refractivity contribution < 1.29 is 18.4 Å². The second kappa shape index (κ2) is 8.44. The van der Waals surface area contributed by atoms with E-state index in [4.69, 9.17) is 13.6 Å². The minimum Gasteiger partial charge on any atom is -0.462 e. The maximum atomic E-state index is 11.2. The van der Waals surface area contributed by atoms with Gasteiger partial charge in [-0.05, 0) is 26.8 Å². The Morgan fingerprint density at radius 3 is 2.06 bits per heavy atom. The zero-order valence-electron chi connectivity index (χ0n) is 11.4. The molecule has 0 fully saturated rings. The molecule has 0 rings (SSSR count). The summed E-state index contributed by atoms with van der Waals surface area (Å²) in [6, 6.07) is 1.53. The van der Waals surface area contributed by atoms with Crippen LogP contribution in [0.1, 0.15) is 27.7 Å². The lowest BCUT2D eigenvalue weighted by atomic mass is 10.4. The minimum atomic E-state index is -2.18. The second-order valence-corrected chi connectivity index (χ2v) is 7.40. The van der Waals surface area contributed by atoms with Crippen molar-refractivity contribution in [2.75, 3.05) is 19.8 Å². The quantitative estimate of drug-likeness (QED) is 0.363. The predicted molar refractivity (Wildman–Crippen MR) is 70.1 cm³/mol. The molecule has 0 bridgehead atoms. The molecule has 0 aromatic carbocycles. The average molecular weight is 260 g/mol. The molecular formula is C12H24O4Si. The number of rotatable bonds is 9. The fourth-order valence-corrected chi connectivity index (χ4v) is 4.11. The Hall–Kier alpha value is -0.653. The normalized spacial score (nSPS) is 11.3. The van der Waals surface area contributed by atoms with E-state index in [2.05, 4.69) is 13.5 Å². The fraction of sp³-hybridized carbons (Fsp3) is 0.750. The lowest BCUT2D eigenvalue weighted by Gasteiger charge is -2.28. The first-order valence-electron chi connectivity index (χ1n) is 6.11. The molecule has 5 heteroatoms. The molecule has 0 heterocycles. The molecule has 4 nitrogen and oxygen atoms in total. The van der Waals surface area contributed by atoms with Gasteiger partial charge in [-0.25, -0.2) is 4.79 Å². The maximum Gasteiger partial charge on any atom is 0.341 e. The summed E-state index contributed by atoms with van der Waals surface area (Å²) in [4.78, 5) is 11.2. The average Bonchev–Trinajstić information content (AvgIpc) is 2.29. The summed E-state index contributed by atoms with van der Waals surface area (Å²) in [6.07, 6.45) is 0. The molecule has 0 aromatic rings. The van der Waals surface area contributed by atoms with Gasteiger partial charge >= 0.3 is 14.5 Å². The third-order valence-corrected chi connectivity index (χ3v) is 6.09. The lowest BCUT2D eigenvalue weighted by Crippen LogP contribution is -2.42. The monoisotopic (exact) mass is 260 g/mol. The van der Waals surface area contributed by atoms with Crippen LogP contribution < -0.4 is 0 Å². The number of carbonyl (C=O) groups excluding carboxylic acids is 1. The largest absolute Gasteiger partial charge is 0.462 e. The Morgan fingerprint density at radius 2 is 1.71 bits per heavy atom. The molecule has 0 unspecified atom stereocenters. The number of carbonyl (C=O) groups is 1. The van der Waals surface area contributed by atoms with Crippen LogP contribution in [0.4, 0.5) is 0 Å². The molecule has 100 valence electrons. The fourth-order valence-electron chi connectivity index (χ4n) is 1.52. The topological polar surface area (TPSA) is 44.8 Å². The summed E-state index contributed by atoms with van der Waals surface area (Å²) in [6.45, 7) is 12.7. The van der Waals surface area contributed by atoms with Crippen molar-refractivity contribution in [1.29, 1.82) is 0 Å². The SMILES string of the molecule is C=C(C)C(=O)OCC[Si](CC)(OCC)OCC. The highest BCUT2D eigenvalue weighted by Crippen LogP contribution is 2.19. The lowest BCUT2D eigenvalue weighted by molar-refractivity contribution is -0.138. The number of hydrogen-bond acceptors (Lipinski definition) is 4. The van der Waals surface area contributed by atoms with Crippen molar-refractivity contribution >= 4 is 14.5 Å². The van der Waals surface area contributed by atoms with E-state index in [1.165, 1.54) is 0 Å². The molecule has 0 spiro atoms. The Labute approximate surface area is 105 Å². The number of ether oxygens (including phenoxy) is 1. The highest BCUT2D eigenvalue weighted by molar-refractivity contribution is 6.67. The van der Waals surface area contributed by atoms with Crippen molar-refractivity contribution in [3.63, 3.8) is 0 Å². The second-order valence-electron chi connectivity index (χ2n) is 3.80. The van der Waals surface area contributed by atoms with E-state index in [0.717, 1.165) is 6.04 Å². The van der Waals surface area contributed by atoms with Gasteiger partial charge in [0.1, 0.15) is 0 Å². The van der Waals surface area contributed by atoms with E-state index < -0.39 is 8.56 Å².